The van der Waals surface area contributed by atoms with Gasteiger partial charge in [0, 0.05) is 6.04 Å². The quantitative estimate of drug-likeness (QED) is 0.660. The Morgan fingerprint density at radius 2 is 1.85 bits per heavy atom. The predicted octanol–water partition coefficient (Wildman–Crippen LogP) is 2.38. The Bertz CT molecular complexity index is 143. The molecule has 0 heterocycles. The van der Waals surface area contributed by atoms with E-state index in [4.69, 9.17) is 0 Å². The van der Waals surface area contributed by atoms with Gasteiger partial charge in [-0.2, -0.15) is 0 Å². The largest absolute Gasteiger partial charge is 0.308 e. The number of carbonyl (C=O) groups is 1. The van der Waals surface area contributed by atoms with Crippen LogP contribution in [0, 0.1) is 5.92 Å². The zero-order chi connectivity index (χ0) is 10.3. The number of hydrogen-bond donors (Lipinski definition) is 1. The molecule has 0 aliphatic carbocycles. The standard InChI is InChI=1S/C11H23NO/c1-9(2)6-5-7-10(3)12-8-11(4)13/h9-10,12H,5-8H2,1-4H3. The molecule has 78 valence electrons. The number of ketones is 1. The first-order valence-electron chi connectivity index (χ1n) is 5.25. The molecule has 0 aromatic rings. The first kappa shape index (κ1) is 12.6. The summed E-state index contributed by atoms with van der Waals surface area (Å²) in [5.74, 6) is 1.01. The molecule has 0 aliphatic rings. The molecule has 0 saturated heterocycles. The van der Waals surface area contributed by atoms with Gasteiger partial charge in [0.2, 0.25) is 0 Å². The molecule has 13 heavy (non-hydrogen) atoms. The third kappa shape index (κ3) is 9.54. The van der Waals surface area contributed by atoms with Crippen LogP contribution in [0.5, 0.6) is 0 Å². The van der Waals surface area contributed by atoms with Crippen molar-refractivity contribution < 1.29 is 4.79 Å². The maximum atomic E-state index is 10.7. The topological polar surface area (TPSA) is 29.1 Å². The van der Waals surface area contributed by atoms with Crippen LogP contribution in [0.1, 0.15) is 47.0 Å². The van der Waals surface area contributed by atoms with E-state index in [1.54, 1.807) is 6.92 Å². The predicted molar refractivity (Wildman–Crippen MR) is 56.8 cm³/mol. The molecule has 0 spiro atoms. The van der Waals surface area contributed by atoms with Gasteiger partial charge in [0.15, 0.2) is 0 Å². The highest BCUT2D eigenvalue weighted by molar-refractivity contribution is 5.77. The third-order valence-electron chi connectivity index (χ3n) is 2.12. The monoisotopic (exact) mass is 185 g/mol. The Balaban J connectivity index is 3.30. The number of rotatable bonds is 7. The summed E-state index contributed by atoms with van der Waals surface area (Å²) < 4.78 is 0. The second-order valence-electron chi connectivity index (χ2n) is 4.31. The van der Waals surface area contributed by atoms with Crippen LogP contribution in [0.25, 0.3) is 0 Å². The zero-order valence-corrected chi connectivity index (χ0v) is 9.39. The van der Waals surface area contributed by atoms with Gasteiger partial charge in [0.25, 0.3) is 0 Å². The fourth-order valence-electron chi connectivity index (χ4n) is 1.25. The minimum absolute atomic E-state index is 0.218. The molecule has 2 nitrogen and oxygen atoms in total. The van der Waals surface area contributed by atoms with E-state index in [-0.39, 0.29) is 5.78 Å². The SMILES string of the molecule is CC(=O)CNC(C)CCCC(C)C. The fourth-order valence-corrected chi connectivity index (χ4v) is 1.25. The van der Waals surface area contributed by atoms with Gasteiger partial charge in [0.1, 0.15) is 5.78 Å². The lowest BCUT2D eigenvalue weighted by Crippen LogP contribution is -2.30. The van der Waals surface area contributed by atoms with Crippen LogP contribution in [-0.2, 0) is 4.79 Å². The summed E-state index contributed by atoms with van der Waals surface area (Å²) in [5, 5.41) is 3.21. The average molecular weight is 185 g/mol. The van der Waals surface area contributed by atoms with Crippen molar-refractivity contribution in [2.24, 2.45) is 5.92 Å². The first-order valence-corrected chi connectivity index (χ1v) is 5.25. The summed E-state index contributed by atoms with van der Waals surface area (Å²) in [6, 6.07) is 0.475. The highest BCUT2D eigenvalue weighted by Crippen LogP contribution is 2.07. The molecule has 0 fully saturated rings. The molecule has 1 atom stereocenters. The van der Waals surface area contributed by atoms with Crippen LogP contribution in [0.3, 0.4) is 0 Å². The molecule has 0 aliphatic heterocycles. The molecule has 0 aromatic carbocycles. The van der Waals surface area contributed by atoms with Gasteiger partial charge >= 0.3 is 0 Å². The average Bonchev–Trinajstić information content (AvgIpc) is 2.00. The highest BCUT2D eigenvalue weighted by atomic mass is 16.1. The maximum absolute atomic E-state index is 10.7. The molecular weight excluding hydrogens is 162 g/mol. The fraction of sp³-hybridized carbons (Fsp3) is 0.909. The second kappa shape index (κ2) is 7.07. The van der Waals surface area contributed by atoms with Gasteiger partial charge in [-0.15, -0.1) is 0 Å². The van der Waals surface area contributed by atoms with Crippen LogP contribution >= 0.6 is 0 Å². The molecule has 2 heteroatoms. The Hall–Kier alpha value is -0.370. The summed E-state index contributed by atoms with van der Waals surface area (Å²) >= 11 is 0. The van der Waals surface area contributed by atoms with E-state index in [0.717, 1.165) is 5.92 Å². The summed E-state index contributed by atoms with van der Waals surface area (Å²) in [6.45, 7) is 8.77. The molecular formula is C11H23NO. The molecule has 0 radical (unpaired) electrons. The van der Waals surface area contributed by atoms with Crippen molar-refractivity contribution in [3.8, 4) is 0 Å². The molecule has 0 aromatic heterocycles. The van der Waals surface area contributed by atoms with Crippen molar-refractivity contribution in [2.45, 2.75) is 53.0 Å². The van der Waals surface area contributed by atoms with E-state index in [1.807, 2.05) is 0 Å². The summed E-state index contributed by atoms with van der Waals surface area (Å²) in [4.78, 5) is 10.7. The number of carbonyl (C=O) groups excluding carboxylic acids is 1. The van der Waals surface area contributed by atoms with Crippen molar-refractivity contribution in [1.29, 1.82) is 0 Å². The van der Waals surface area contributed by atoms with E-state index >= 15 is 0 Å². The summed E-state index contributed by atoms with van der Waals surface area (Å²) in [7, 11) is 0. The molecule has 1 unspecified atom stereocenters. The smallest absolute Gasteiger partial charge is 0.143 e. The minimum atomic E-state index is 0.218. The highest BCUT2D eigenvalue weighted by Gasteiger charge is 2.02. The van der Waals surface area contributed by atoms with Crippen molar-refractivity contribution >= 4 is 5.78 Å². The Kier molecular flexibility index (Phi) is 6.87. The molecule has 0 bridgehead atoms. The lowest BCUT2D eigenvalue weighted by atomic mass is 10.0. The van der Waals surface area contributed by atoms with Crippen LogP contribution in [0.15, 0.2) is 0 Å². The van der Waals surface area contributed by atoms with Gasteiger partial charge in [-0.1, -0.05) is 26.7 Å². The van der Waals surface area contributed by atoms with E-state index in [0.29, 0.717) is 12.6 Å². The summed E-state index contributed by atoms with van der Waals surface area (Å²) in [5.41, 5.74) is 0. The van der Waals surface area contributed by atoms with E-state index in [9.17, 15) is 4.79 Å². The van der Waals surface area contributed by atoms with Crippen LogP contribution in [-0.4, -0.2) is 18.4 Å². The van der Waals surface area contributed by atoms with Crippen molar-refractivity contribution in [1.82, 2.24) is 5.32 Å². The van der Waals surface area contributed by atoms with E-state index in [2.05, 4.69) is 26.1 Å². The van der Waals surface area contributed by atoms with Gasteiger partial charge in [0.05, 0.1) is 6.54 Å². The summed E-state index contributed by atoms with van der Waals surface area (Å²) in [6.07, 6.45) is 3.71. The Labute approximate surface area is 82.1 Å². The molecule has 0 rings (SSSR count). The Morgan fingerprint density at radius 1 is 1.23 bits per heavy atom. The van der Waals surface area contributed by atoms with Crippen molar-refractivity contribution in [3.63, 3.8) is 0 Å². The number of hydrogen-bond acceptors (Lipinski definition) is 2. The van der Waals surface area contributed by atoms with E-state index in [1.165, 1.54) is 19.3 Å². The van der Waals surface area contributed by atoms with Gasteiger partial charge in [-0.3, -0.25) is 4.79 Å². The van der Waals surface area contributed by atoms with Crippen molar-refractivity contribution in [2.75, 3.05) is 6.54 Å². The maximum Gasteiger partial charge on any atom is 0.143 e. The molecule has 1 N–H and O–H groups in total. The third-order valence-corrected chi connectivity index (χ3v) is 2.12. The minimum Gasteiger partial charge on any atom is -0.308 e. The zero-order valence-electron chi connectivity index (χ0n) is 9.39. The van der Waals surface area contributed by atoms with E-state index < -0.39 is 0 Å². The lowest BCUT2D eigenvalue weighted by Gasteiger charge is -2.12. The van der Waals surface area contributed by atoms with Crippen LogP contribution < -0.4 is 5.32 Å². The van der Waals surface area contributed by atoms with Gasteiger partial charge in [-0.25, -0.2) is 0 Å². The lowest BCUT2D eigenvalue weighted by molar-refractivity contribution is -0.116. The first-order chi connectivity index (χ1) is 6.02. The molecule has 0 saturated carbocycles. The van der Waals surface area contributed by atoms with Gasteiger partial charge in [-0.05, 0) is 26.2 Å². The normalized spacial score (nSPS) is 13.3. The molecule has 0 amide bonds. The van der Waals surface area contributed by atoms with Crippen LogP contribution in [0.2, 0.25) is 0 Å². The van der Waals surface area contributed by atoms with Gasteiger partial charge < -0.3 is 5.32 Å². The van der Waals surface area contributed by atoms with Crippen LogP contribution in [0.4, 0.5) is 0 Å². The Morgan fingerprint density at radius 3 is 2.31 bits per heavy atom. The number of nitrogens with one attached hydrogen (secondary N) is 1. The second-order valence-corrected chi connectivity index (χ2v) is 4.31. The number of Topliss-reactive ketones (excluding diaryl/α,β-unsaturated/α-hetero) is 1. The van der Waals surface area contributed by atoms with Crippen molar-refractivity contribution in [3.05, 3.63) is 0 Å².